The monoisotopic (exact) mass is 413 g/mol. The zero-order valence-corrected chi connectivity index (χ0v) is 17.8. The van der Waals surface area contributed by atoms with Crippen molar-refractivity contribution in [3.8, 4) is 17.1 Å². The van der Waals surface area contributed by atoms with E-state index in [9.17, 15) is 4.79 Å². The third-order valence-corrected chi connectivity index (χ3v) is 5.84. The van der Waals surface area contributed by atoms with Gasteiger partial charge < -0.3 is 9.64 Å². The van der Waals surface area contributed by atoms with Crippen molar-refractivity contribution >= 4 is 16.8 Å². The molecule has 7 heteroatoms. The van der Waals surface area contributed by atoms with Crippen LogP contribution >= 0.6 is 0 Å². The average Bonchev–Trinajstić information content (AvgIpc) is 3.13. The summed E-state index contributed by atoms with van der Waals surface area (Å²) in [5, 5.41) is 5.70. The fraction of sp³-hybridized carbons (Fsp3) is 0.250. The van der Waals surface area contributed by atoms with E-state index in [1.807, 2.05) is 60.1 Å². The number of carbonyl (C=O) groups excluding carboxylic acids is 1. The third kappa shape index (κ3) is 3.32. The van der Waals surface area contributed by atoms with Crippen molar-refractivity contribution in [2.75, 3.05) is 13.7 Å². The Bertz CT molecular complexity index is 1310. The number of carbonyl (C=O) groups is 1. The highest BCUT2D eigenvalue weighted by Crippen LogP contribution is 2.32. The molecule has 1 aromatic carbocycles. The van der Waals surface area contributed by atoms with Gasteiger partial charge in [0.1, 0.15) is 0 Å². The van der Waals surface area contributed by atoms with E-state index < -0.39 is 0 Å². The van der Waals surface area contributed by atoms with Gasteiger partial charge in [0.15, 0.2) is 0 Å². The lowest BCUT2D eigenvalue weighted by Crippen LogP contribution is -2.36. The molecule has 156 valence electrons. The second-order valence-corrected chi connectivity index (χ2v) is 7.84. The van der Waals surface area contributed by atoms with Gasteiger partial charge in [0.05, 0.1) is 30.6 Å². The lowest BCUT2D eigenvalue weighted by Gasteiger charge is -2.27. The summed E-state index contributed by atoms with van der Waals surface area (Å²) in [6.07, 6.45) is 4.34. The van der Waals surface area contributed by atoms with Crippen LogP contribution in [0, 0.1) is 6.92 Å². The van der Waals surface area contributed by atoms with Crippen LogP contribution in [-0.4, -0.2) is 44.2 Å². The largest absolute Gasteiger partial charge is 0.481 e. The molecule has 0 spiro atoms. The van der Waals surface area contributed by atoms with Crippen LogP contribution in [0.2, 0.25) is 0 Å². The third-order valence-electron chi connectivity index (χ3n) is 5.84. The number of hydrogen-bond acceptors (Lipinski definition) is 5. The molecule has 0 unspecified atom stereocenters. The van der Waals surface area contributed by atoms with Gasteiger partial charge in [-0.2, -0.15) is 5.10 Å². The summed E-state index contributed by atoms with van der Waals surface area (Å²) in [7, 11) is 3.56. The summed E-state index contributed by atoms with van der Waals surface area (Å²) in [5.41, 5.74) is 6.73. The SMILES string of the molecule is COc1ncc(-c2c3c(nn2C)CN(C(=O)c2ccc4ncccc4c2)CC3)cc1C. The Morgan fingerprint density at radius 1 is 1.16 bits per heavy atom. The fourth-order valence-electron chi connectivity index (χ4n) is 4.35. The Hall–Kier alpha value is -3.74. The number of amides is 1. The smallest absolute Gasteiger partial charge is 0.254 e. The average molecular weight is 413 g/mol. The number of methoxy groups -OCH3 is 1. The molecular formula is C24H23N5O2. The summed E-state index contributed by atoms with van der Waals surface area (Å²) in [5.74, 6) is 0.646. The molecule has 3 aromatic heterocycles. The molecule has 5 rings (SSSR count). The number of rotatable bonds is 3. The van der Waals surface area contributed by atoms with Crippen LogP contribution < -0.4 is 4.74 Å². The van der Waals surface area contributed by atoms with Crippen LogP contribution in [0.3, 0.4) is 0 Å². The normalized spacial score (nSPS) is 13.3. The van der Waals surface area contributed by atoms with Gasteiger partial charge in [0.2, 0.25) is 5.88 Å². The lowest BCUT2D eigenvalue weighted by molar-refractivity contribution is 0.0732. The fourth-order valence-corrected chi connectivity index (χ4v) is 4.35. The Morgan fingerprint density at radius 3 is 2.84 bits per heavy atom. The van der Waals surface area contributed by atoms with Gasteiger partial charge in [0, 0.05) is 53.6 Å². The van der Waals surface area contributed by atoms with Gasteiger partial charge in [-0.3, -0.25) is 14.5 Å². The maximum Gasteiger partial charge on any atom is 0.254 e. The Morgan fingerprint density at radius 2 is 2.03 bits per heavy atom. The topological polar surface area (TPSA) is 73.1 Å². The van der Waals surface area contributed by atoms with Crippen LogP contribution in [0.5, 0.6) is 5.88 Å². The number of aryl methyl sites for hydroxylation is 2. The van der Waals surface area contributed by atoms with E-state index in [2.05, 4.69) is 16.0 Å². The molecule has 0 fully saturated rings. The van der Waals surface area contributed by atoms with Crippen molar-refractivity contribution in [2.45, 2.75) is 19.9 Å². The molecule has 0 radical (unpaired) electrons. The van der Waals surface area contributed by atoms with Gasteiger partial charge in [-0.1, -0.05) is 6.07 Å². The minimum absolute atomic E-state index is 0.0190. The number of benzene rings is 1. The van der Waals surface area contributed by atoms with Crippen molar-refractivity contribution < 1.29 is 9.53 Å². The second kappa shape index (κ2) is 7.50. The number of pyridine rings is 2. The van der Waals surface area contributed by atoms with Crippen LogP contribution in [0.25, 0.3) is 22.2 Å². The highest BCUT2D eigenvalue weighted by atomic mass is 16.5. The molecule has 0 saturated heterocycles. The first-order valence-electron chi connectivity index (χ1n) is 10.2. The van der Waals surface area contributed by atoms with Crippen molar-refractivity contribution in [1.29, 1.82) is 0 Å². The lowest BCUT2D eigenvalue weighted by atomic mass is 9.99. The molecule has 0 N–H and O–H groups in total. The number of hydrogen-bond donors (Lipinski definition) is 0. The van der Waals surface area contributed by atoms with E-state index in [1.54, 1.807) is 13.3 Å². The summed E-state index contributed by atoms with van der Waals surface area (Å²) in [6.45, 7) is 3.13. The van der Waals surface area contributed by atoms with E-state index in [1.165, 1.54) is 5.56 Å². The predicted octanol–water partition coefficient (Wildman–Crippen LogP) is 3.55. The summed E-state index contributed by atoms with van der Waals surface area (Å²) in [6, 6.07) is 11.6. The summed E-state index contributed by atoms with van der Waals surface area (Å²) >= 11 is 0. The van der Waals surface area contributed by atoms with Crippen molar-refractivity contribution in [3.63, 3.8) is 0 Å². The van der Waals surface area contributed by atoms with Crippen molar-refractivity contribution in [3.05, 3.63) is 71.2 Å². The summed E-state index contributed by atoms with van der Waals surface area (Å²) < 4.78 is 7.18. The molecule has 0 bridgehead atoms. The molecule has 31 heavy (non-hydrogen) atoms. The van der Waals surface area contributed by atoms with Crippen LogP contribution in [-0.2, 0) is 20.0 Å². The highest BCUT2D eigenvalue weighted by molar-refractivity contribution is 5.98. The zero-order valence-electron chi connectivity index (χ0n) is 17.8. The molecule has 1 aliphatic heterocycles. The molecule has 4 aromatic rings. The minimum Gasteiger partial charge on any atom is -0.481 e. The van der Waals surface area contributed by atoms with Gasteiger partial charge in [-0.05, 0) is 43.7 Å². The van der Waals surface area contributed by atoms with Gasteiger partial charge in [0.25, 0.3) is 5.91 Å². The standard InChI is InChI=1S/C24H23N5O2/c1-15-11-18(13-26-23(15)31-3)22-19-8-10-29(14-21(19)27-28(22)2)24(30)17-6-7-20-16(12-17)5-4-9-25-20/h4-7,9,11-13H,8,10,14H2,1-3H3. The van der Waals surface area contributed by atoms with E-state index in [0.29, 0.717) is 24.5 Å². The molecule has 0 atom stereocenters. The minimum atomic E-state index is 0.0190. The maximum atomic E-state index is 13.2. The van der Waals surface area contributed by atoms with Crippen LogP contribution in [0.4, 0.5) is 0 Å². The molecule has 0 aliphatic carbocycles. The van der Waals surface area contributed by atoms with E-state index >= 15 is 0 Å². The molecule has 1 amide bonds. The molecule has 7 nitrogen and oxygen atoms in total. The van der Waals surface area contributed by atoms with E-state index in [-0.39, 0.29) is 5.91 Å². The Balaban J connectivity index is 1.44. The van der Waals surface area contributed by atoms with Gasteiger partial charge in [-0.25, -0.2) is 4.98 Å². The molecular weight excluding hydrogens is 390 g/mol. The molecule has 4 heterocycles. The molecule has 0 saturated carbocycles. The first-order chi connectivity index (χ1) is 15.0. The maximum absolute atomic E-state index is 13.2. The van der Waals surface area contributed by atoms with Gasteiger partial charge in [-0.15, -0.1) is 0 Å². The van der Waals surface area contributed by atoms with E-state index in [4.69, 9.17) is 9.84 Å². The van der Waals surface area contributed by atoms with Crippen molar-refractivity contribution in [1.82, 2.24) is 24.6 Å². The predicted molar refractivity (Wildman–Crippen MR) is 118 cm³/mol. The Labute approximate surface area is 180 Å². The summed E-state index contributed by atoms with van der Waals surface area (Å²) in [4.78, 5) is 23.8. The second-order valence-electron chi connectivity index (χ2n) is 7.84. The number of fused-ring (bicyclic) bond motifs is 2. The number of aromatic nitrogens is 4. The molecule has 1 aliphatic rings. The van der Waals surface area contributed by atoms with Gasteiger partial charge >= 0.3 is 0 Å². The first kappa shape index (κ1) is 19.2. The quantitative estimate of drug-likeness (QED) is 0.514. The number of nitrogens with zero attached hydrogens (tertiary/aromatic N) is 5. The van der Waals surface area contributed by atoms with Crippen molar-refractivity contribution in [2.24, 2.45) is 7.05 Å². The Kier molecular flexibility index (Phi) is 4.66. The zero-order chi connectivity index (χ0) is 21.5. The van der Waals surface area contributed by atoms with Crippen LogP contribution in [0.1, 0.15) is 27.2 Å². The van der Waals surface area contributed by atoms with E-state index in [0.717, 1.165) is 39.8 Å². The first-order valence-corrected chi connectivity index (χ1v) is 10.2. The van der Waals surface area contributed by atoms with Crippen LogP contribution in [0.15, 0.2) is 48.8 Å². The highest BCUT2D eigenvalue weighted by Gasteiger charge is 2.28. The number of ether oxygens (including phenoxy) is 1.